The molecule has 0 fully saturated rings. The van der Waals surface area contributed by atoms with Gasteiger partial charge in [-0.05, 0) is 45.3 Å². The highest BCUT2D eigenvalue weighted by atomic mass is 79.9. The number of nitrogens with zero attached hydrogens (tertiary/aromatic N) is 1. The minimum Gasteiger partial charge on any atom is -0.399 e. The molecule has 0 aliphatic heterocycles. The van der Waals surface area contributed by atoms with Crippen LogP contribution in [0, 0.1) is 0 Å². The Kier molecular flexibility index (Phi) is 4.12. The fraction of sp³-hybridized carbons (Fsp3) is 0.154. The van der Waals surface area contributed by atoms with E-state index in [4.69, 9.17) is 5.73 Å². The van der Waals surface area contributed by atoms with Crippen LogP contribution in [0.25, 0.3) is 0 Å². The molecule has 0 aliphatic rings. The number of pyridine rings is 1. The number of benzene rings is 1. The number of rotatable bonds is 4. The van der Waals surface area contributed by atoms with Crippen LogP contribution >= 0.6 is 15.9 Å². The van der Waals surface area contributed by atoms with Gasteiger partial charge in [-0.1, -0.05) is 12.1 Å². The standard InChI is InChI=1S/C13H14BrN3/c14-12-5-11(8-17-9-12)7-16-6-10-1-3-13(15)4-2-10/h1-5,8-9,16H,6-7,15H2. The molecule has 1 aromatic carbocycles. The van der Waals surface area contributed by atoms with E-state index in [1.807, 2.05) is 30.5 Å². The molecular weight excluding hydrogens is 278 g/mol. The number of nitrogen functional groups attached to an aromatic ring is 1. The maximum Gasteiger partial charge on any atom is 0.0410 e. The number of hydrogen-bond donors (Lipinski definition) is 2. The first-order valence-corrected chi connectivity index (χ1v) is 6.18. The molecule has 0 atom stereocenters. The molecule has 2 rings (SSSR count). The molecule has 0 saturated carbocycles. The van der Waals surface area contributed by atoms with Crippen LogP contribution in [0.15, 0.2) is 47.2 Å². The Labute approximate surface area is 109 Å². The topological polar surface area (TPSA) is 50.9 Å². The van der Waals surface area contributed by atoms with Gasteiger partial charge in [0.05, 0.1) is 0 Å². The zero-order valence-electron chi connectivity index (χ0n) is 9.36. The van der Waals surface area contributed by atoms with Crippen LogP contribution < -0.4 is 11.1 Å². The van der Waals surface area contributed by atoms with Gasteiger partial charge >= 0.3 is 0 Å². The summed E-state index contributed by atoms with van der Waals surface area (Å²) < 4.78 is 1.00. The maximum atomic E-state index is 5.63. The molecule has 3 nitrogen and oxygen atoms in total. The van der Waals surface area contributed by atoms with Crippen molar-refractivity contribution in [2.75, 3.05) is 5.73 Å². The summed E-state index contributed by atoms with van der Waals surface area (Å²) >= 11 is 3.40. The Morgan fingerprint density at radius 1 is 1.06 bits per heavy atom. The molecule has 1 heterocycles. The molecule has 2 aromatic rings. The van der Waals surface area contributed by atoms with Crippen LogP contribution in [-0.4, -0.2) is 4.98 Å². The van der Waals surface area contributed by atoms with Crippen LogP contribution in [0.3, 0.4) is 0 Å². The molecule has 0 bridgehead atoms. The summed E-state index contributed by atoms with van der Waals surface area (Å²) in [6.07, 6.45) is 3.64. The fourth-order valence-corrected chi connectivity index (χ4v) is 1.95. The molecule has 0 saturated heterocycles. The largest absolute Gasteiger partial charge is 0.399 e. The van der Waals surface area contributed by atoms with Crippen molar-refractivity contribution < 1.29 is 0 Å². The predicted molar refractivity (Wildman–Crippen MR) is 73.3 cm³/mol. The normalized spacial score (nSPS) is 10.4. The van der Waals surface area contributed by atoms with E-state index >= 15 is 0 Å². The average Bonchev–Trinajstić information content (AvgIpc) is 2.32. The van der Waals surface area contributed by atoms with Gasteiger partial charge in [-0.15, -0.1) is 0 Å². The highest BCUT2D eigenvalue weighted by molar-refractivity contribution is 9.10. The van der Waals surface area contributed by atoms with Crippen molar-refractivity contribution in [3.8, 4) is 0 Å². The third-order valence-corrected chi connectivity index (χ3v) is 2.83. The minimum atomic E-state index is 0.796. The van der Waals surface area contributed by atoms with E-state index in [0.29, 0.717) is 0 Å². The number of hydrogen-bond acceptors (Lipinski definition) is 3. The van der Waals surface area contributed by atoms with Crippen molar-refractivity contribution in [3.63, 3.8) is 0 Å². The summed E-state index contributed by atoms with van der Waals surface area (Å²) in [5.74, 6) is 0. The third kappa shape index (κ3) is 3.84. The van der Waals surface area contributed by atoms with Gasteiger partial charge in [0.15, 0.2) is 0 Å². The van der Waals surface area contributed by atoms with E-state index < -0.39 is 0 Å². The molecule has 3 N–H and O–H groups in total. The summed E-state index contributed by atoms with van der Waals surface area (Å²) in [5.41, 5.74) is 8.81. The quantitative estimate of drug-likeness (QED) is 0.852. The number of nitrogens with one attached hydrogen (secondary N) is 1. The minimum absolute atomic E-state index is 0.796. The Hall–Kier alpha value is -1.39. The lowest BCUT2D eigenvalue weighted by Crippen LogP contribution is -2.12. The number of nitrogens with two attached hydrogens (primary N) is 1. The summed E-state index contributed by atoms with van der Waals surface area (Å²) in [7, 11) is 0. The van der Waals surface area contributed by atoms with Crippen LogP contribution in [-0.2, 0) is 13.1 Å². The SMILES string of the molecule is Nc1ccc(CNCc2cncc(Br)c2)cc1. The van der Waals surface area contributed by atoms with E-state index in [-0.39, 0.29) is 0 Å². The summed E-state index contributed by atoms with van der Waals surface area (Å²) in [4.78, 5) is 4.12. The van der Waals surface area contributed by atoms with Gasteiger partial charge in [-0.2, -0.15) is 0 Å². The van der Waals surface area contributed by atoms with Crippen LogP contribution in [0.5, 0.6) is 0 Å². The van der Waals surface area contributed by atoms with Gasteiger partial charge in [0.2, 0.25) is 0 Å². The zero-order chi connectivity index (χ0) is 12.1. The average molecular weight is 292 g/mol. The second kappa shape index (κ2) is 5.80. The Morgan fingerprint density at radius 3 is 2.47 bits per heavy atom. The number of aromatic nitrogens is 1. The number of anilines is 1. The first-order chi connectivity index (χ1) is 8.24. The molecule has 0 spiro atoms. The van der Waals surface area contributed by atoms with Crippen LogP contribution in [0.1, 0.15) is 11.1 Å². The van der Waals surface area contributed by atoms with Gasteiger partial charge in [-0.25, -0.2) is 0 Å². The first-order valence-electron chi connectivity index (χ1n) is 5.38. The van der Waals surface area contributed by atoms with E-state index in [1.165, 1.54) is 5.56 Å². The molecular formula is C13H14BrN3. The van der Waals surface area contributed by atoms with Gasteiger partial charge in [-0.3, -0.25) is 4.98 Å². The molecule has 0 aliphatic carbocycles. The van der Waals surface area contributed by atoms with E-state index in [9.17, 15) is 0 Å². The van der Waals surface area contributed by atoms with Crippen molar-refractivity contribution in [1.29, 1.82) is 0 Å². The molecule has 0 unspecified atom stereocenters. The monoisotopic (exact) mass is 291 g/mol. The summed E-state index contributed by atoms with van der Waals surface area (Å²) in [5, 5.41) is 3.36. The van der Waals surface area contributed by atoms with Gasteiger partial charge < -0.3 is 11.1 Å². The second-order valence-corrected chi connectivity index (χ2v) is 4.77. The highest BCUT2D eigenvalue weighted by Crippen LogP contribution is 2.10. The van der Waals surface area contributed by atoms with Crippen molar-refractivity contribution in [2.24, 2.45) is 0 Å². The van der Waals surface area contributed by atoms with Crippen molar-refractivity contribution in [1.82, 2.24) is 10.3 Å². The maximum absolute atomic E-state index is 5.63. The Morgan fingerprint density at radius 2 is 1.76 bits per heavy atom. The molecule has 1 aromatic heterocycles. The lowest BCUT2D eigenvalue weighted by Gasteiger charge is -2.05. The molecule has 0 radical (unpaired) electrons. The summed E-state index contributed by atoms with van der Waals surface area (Å²) in [6, 6.07) is 9.95. The highest BCUT2D eigenvalue weighted by Gasteiger charge is 1.96. The fourth-order valence-electron chi connectivity index (χ4n) is 1.54. The lowest BCUT2D eigenvalue weighted by atomic mass is 10.2. The molecule has 0 amide bonds. The molecule has 17 heavy (non-hydrogen) atoms. The third-order valence-electron chi connectivity index (χ3n) is 2.40. The van der Waals surface area contributed by atoms with E-state index in [2.05, 4.69) is 32.3 Å². The lowest BCUT2D eigenvalue weighted by molar-refractivity contribution is 0.691. The zero-order valence-corrected chi connectivity index (χ0v) is 10.9. The van der Waals surface area contributed by atoms with Crippen molar-refractivity contribution in [2.45, 2.75) is 13.1 Å². The van der Waals surface area contributed by atoms with Crippen molar-refractivity contribution in [3.05, 3.63) is 58.3 Å². The Balaban J connectivity index is 1.85. The Bertz CT molecular complexity index is 482. The smallest absolute Gasteiger partial charge is 0.0410 e. The van der Waals surface area contributed by atoms with E-state index in [0.717, 1.165) is 28.8 Å². The molecule has 4 heteroatoms. The van der Waals surface area contributed by atoms with Crippen molar-refractivity contribution >= 4 is 21.6 Å². The summed E-state index contributed by atoms with van der Waals surface area (Å²) in [6.45, 7) is 1.63. The first kappa shape index (κ1) is 12.1. The predicted octanol–water partition coefficient (Wildman–Crippen LogP) is 2.72. The van der Waals surface area contributed by atoms with Crippen LogP contribution in [0.2, 0.25) is 0 Å². The van der Waals surface area contributed by atoms with Gasteiger partial charge in [0, 0.05) is 35.6 Å². The van der Waals surface area contributed by atoms with E-state index in [1.54, 1.807) is 6.20 Å². The van der Waals surface area contributed by atoms with Crippen LogP contribution in [0.4, 0.5) is 5.69 Å². The van der Waals surface area contributed by atoms with Gasteiger partial charge in [0.1, 0.15) is 0 Å². The molecule has 88 valence electrons. The number of halogens is 1. The van der Waals surface area contributed by atoms with Gasteiger partial charge in [0.25, 0.3) is 0 Å². The second-order valence-electron chi connectivity index (χ2n) is 3.86.